The highest BCUT2D eigenvalue weighted by Gasteiger charge is 2.14. The third kappa shape index (κ3) is 3.88. The van der Waals surface area contributed by atoms with Crippen LogP contribution in [0.5, 0.6) is 5.75 Å². The molecule has 1 aromatic heterocycles. The van der Waals surface area contributed by atoms with Crippen LogP contribution in [0.3, 0.4) is 0 Å². The SMILES string of the molecule is CCCOc1ccc(C(Cl)c2ccc(Cl)s2)cc1Br. The normalized spacial score (nSPS) is 12.4. The van der Waals surface area contributed by atoms with E-state index in [-0.39, 0.29) is 5.38 Å². The Hall–Kier alpha value is -0.220. The molecule has 0 fully saturated rings. The summed E-state index contributed by atoms with van der Waals surface area (Å²) in [6, 6.07) is 9.75. The van der Waals surface area contributed by atoms with Crippen molar-refractivity contribution >= 4 is 50.5 Å². The van der Waals surface area contributed by atoms with Crippen molar-refractivity contribution in [2.45, 2.75) is 18.7 Å². The maximum atomic E-state index is 6.46. The van der Waals surface area contributed by atoms with Crippen molar-refractivity contribution in [3.63, 3.8) is 0 Å². The third-order valence-electron chi connectivity index (χ3n) is 2.55. The van der Waals surface area contributed by atoms with Crippen LogP contribution in [0.1, 0.15) is 29.2 Å². The maximum absolute atomic E-state index is 6.46. The molecule has 0 N–H and O–H groups in total. The molecule has 0 saturated heterocycles. The van der Waals surface area contributed by atoms with Gasteiger partial charge in [0.1, 0.15) is 5.75 Å². The molecule has 5 heteroatoms. The van der Waals surface area contributed by atoms with E-state index in [1.54, 1.807) is 0 Å². The first-order valence-electron chi connectivity index (χ1n) is 5.93. The largest absolute Gasteiger partial charge is 0.492 e. The average molecular weight is 380 g/mol. The molecular weight excluding hydrogens is 367 g/mol. The smallest absolute Gasteiger partial charge is 0.133 e. The second-order valence-electron chi connectivity index (χ2n) is 4.04. The lowest BCUT2D eigenvalue weighted by atomic mass is 10.1. The molecule has 0 aliphatic rings. The molecule has 2 rings (SSSR count). The Labute approximate surface area is 135 Å². The maximum Gasteiger partial charge on any atom is 0.133 e. The van der Waals surface area contributed by atoms with Crippen LogP contribution in [0.2, 0.25) is 4.34 Å². The van der Waals surface area contributed by atoms with Crippen LogP contribution in [-0.4, -0.2) is 6.61 Å². The molecule has 2 aromatic rings. The predicted octanol–water partition coefficient (Wildman–Crippen LogP) is 6.28. The number of thiophene rings is 1. The highest BCUT2D eigenvalue weighted by Crippen LogP contribution is 2.38. The van der Waals surface area contributed by atoms with Gasteiger partial charge in [0.2, 0.25) is 0 Å². The zero-order valence-electron chi connectivity index (χ0n) is 10.3. The van der Waals surface area contributed by atoms with Crippen molar-refractivity contribution in [1.82, 2.24) is 0 Å². The minimum Gasteiger partial charge on any atom is -0.492 e. The second-order valence-corrected chi connectivity index (χ2v) is 7.08. The summed E-state index contributed by atoms with van der Waals surface area (Å²) in [6.45, 7) is 2.79. The summed E-state index contributed by atoms with van der Waals surface area (Å²) in [4.78, 5) is 1.04. The molecule has 19 heavy (non-hydrogen) atoms. The van der Waals surface area contributed by atoms with E-state index in [9.17, 15) is 0 Å². The van der Waals surface area contributed by atoms with Gasteiger partial charge in [-0.05, 0) is 52.2 Å². The van der Waals surface area contributed by atoms with E-state index < -0.39 is 0 Å². The van der Waals surface area contributed by atoms with Gasteiger partial charge in [-0.1, -0.05) is 24.6 Å². The van der Waals surface area contributed by atoms with Gasteiger partial charge in [-0.3, -0.25) is 0 Å². The monoisotopic (exact) mass is 378 g/mol. The van der Waals surface area contributed by atoms with Crippen molar-refractivity contribution in [1.29, 1.82) is 0 Å². The molecule has 0 spiro atoms. The first-order chi connectivity index (χ1) is 9.11. The summed E-state index contributed by atoms with van der Waals surface area (Å²) in [7, 11) is 0. The van der Waals surface area contributed by atoms with Gasteiger partial charge in [0.05, 0.1) is 20.8 Å². The third-order valence-corrected chi connectivity index (χ3v) is 5.09. The van der Waals surface area contributed by atoms with Crippen LogP contribution < -0.4 is 4.74 Å². The zero-order chi connectivity index (χ0) is 13.8. The molecule has 1 aromatic carbocycles. The Morgan fingerprint density at radius 1 is 1.32 bits per heavy atom. The first kappa shape index (κ1) is 15.2. The lowest BCUT2D eigenvalue weighted by molar-refractivity contribution is 0.315. The van der Waals surface area contributed by atoms with E-state index in [1.165, 1.54) is 11.3 Å². The molecule has 0 amide bonds. The lowest BCUT2D eigenvalue weighted by Gasteiger charge is -2.11. The number of ether oxygens (including phenoxy) is 1. The van der Waals surface area contributed by atoms with Crippen molar-refractivity contribution in [2.75, 3.05) is 6.61 Å². The van der Waals surface area contributed by atoms with Crippen molar-refractivity contribution in [3.8, 4) is 5.75 Å². The molecule has 0 radical (unpaired) electrons. The molecule has 1 heterocycles. The summed E-state index contributed by atoms with van der Waals surface area (Å²) < 4.78 is 7.30. The summed E-state index contributed by atoms with van der Waals surface area (Å²) in [5.41, 5.74) is 1.02. The van der Waals surface area contributed by atoms with Gasteiger partial charge in [-0.15, -0.1) is 22.9 Å². The molecule has 0 saturated carbocycles. The van der Waals surface area contributed by atoms with E-state index in [2.05, 4.69) is 22.9 Å². The average Bonchev–Trinajstić information content (AvgIpc) is 2.83. The van der Waals surface area contributed by atoms with Gasteiger partial charge < -0.3 is 4.74 Å². The van der Waals surface area contributed by atoms with Crippen LogP contribution in [-0.2, 0) is 0 Å². The van der Waals surface area contributed by atoms with Gasteiger partial charge in [0.25, 0.3) is 0 Å². The zero-order valence-corrected chi connectivity index (χ0v) is 14.2. The van der Waals surface area contributed by atoms with Crippen LogP contribution >= 0.6 is 50.5 Å². The molecule has 1 unspecified atom stereocenters. The Morgan fingerprint density at radius 2 is 2.11 bits per heavy atom. The highest BCUT2D eigenvalue weighted by atomic mass is 79.9. The fourth-order valence-corrected chi connectivity index (χ4v) is 3.55. The quantitative estimate of drug-likeness (QED) is 0.555. The van der Waals surface area contributed by atoms with Crippen molar-refractivity contribution in [2.24, 2.45) is 0 Å². The molecule has 1 nitrogen and oxygen atoms in total. The summed E-state index contributed by atoms with van der Waals surface area (Å²) in [5, 5.41) is -0.186. The minimum atomic E-state index is -0.186. The van der Waals surface area contributed by atoms with Crippen LogP contribution in [0.25, 0.3) is 0 Å². The fraction of sp³-hybridized carbons (Fsp3) is 0.286. The number of rotatable bonds is 5. The van der Waals surface area contributed by atoms with Crippen molar-refractivity contribution in [3.05, 3.63) is 49.6 Å². The van der Waals surface area contributed by atoms with Crippen molar-refractivity contribution < 1.29 is 4.74 Å². The topological polar surface area (TPSA) is 9.23 Å². The number of benzene rings is 1. The van der Waals surface area contributed by atoms with Gasteiger partial charge >= 0.3 is 0 Å². The standard InChI is InChI=1S/C14H13BrCl2OS/c1-2-7-18-11-4-3-9(8-10(11)15)14(17)12-5-6-13(16)19-12/h3-6,8,14H,2,7H2,1H3. The second kappa shape index (κ2) is 6.98. The lowest BCUT2D eigenvalue weighted by Crippen LogP contribution is -1.97. The van der Waals surface area contributed by atoms with Gasteiger partial charge in [0, 0.05) is 4.88 Å². The molecule has 0 aliphatic heterocycles. The van der Waals surface area contributed by atoms with E-state index in [1.807, 2.05) is 30.3 Å². The molecular formula is C14H13BrCl2OS. The molecule has 102 valence electrons. The van der Waals surface area contributed by atoms with Crippen LogP contribution in [0.4, 0.5) is 0 Å². The first-order valence-corrected chi connectivity index (χ1v) is 8.35. The summed E-state index contributed by atoms with van der Waals surface area (Å²) in [5.74, 6) is 0.846. The Balaban J connectivity index is 2.19. The Kier molecular flexibility index (Phi) is 5.58. The molecule has 0 bridgehead atoms. The predicted molar refractivity (Wildman–Crippen MR) is 87.0 cm³/mol. The summed E-state index contributed by atoms with van der Waals surface area (Å²) >= 11 is 17.4. The fourth-order valence-electron chi connectivity index (χ4n) is 1.63. The van der Waals surface area contributed by atoms with Gasteiger partial charge in [-0.25, -0.2) is 0 Å². The van der Waals surface area contributed by atoms with Gasteiger partial charge in [-0.2, -0.15) is 0 Å². The van der Waals surface area contributed by atoms with Crippen LogP contribution in [0.15, 0.2) is 34.8 Å². The summed E-state index contributed by atoms with van der Waals surface area (Å²) in [6.07, 6.45) is 0.986. The number of halogens is 3. The minimum absolute atomic E-state index is 0.186. The van der Waals surface area contributed by atoms with E-state index in [4.69, 9.17) is 27.9 Å². The number of hydrogen-bond acceptors (Lipinski definition) is 2. The number of hydrogen-bond donors (Lipinski definition) is 0. The number of alkyl halides is 1. The highest BCUT2D eigenvalue weighted by molar-refractivity contribution is 9.10. The van der Waals surface area contributed by atoms with Crippen LogP contribution in [0, 0.1) is 0 Å². The van der Waals surface area contributed by atoms with E-state index in [0.717, 1.165) is 31.4 Å². The Bertz CT molecular complexity index is 556. The molecule has 0 aliphatic carbocycles. The molecule has 1 atom stereocenters. The van der Waals surface area contributed by atoms with E-state index in [0.29, 0.717) is 6.61 Å². The van der Waals surface area contributed by atoms with E-state index >= 15 is 0 Å². The van der Waals surface area contributed by atoms with Gasteiger partial charge in [0.15, 0.2) is 0 Å². The Morgan fingerprint density at radius 3 is 2.68 bits per heavy atom.